The van der Waals surface area contributed by atoms with Gasteiger partial charge >= 0.3 is 11.9 Å². The van der Waals surface area contributed by atoms with Crippen molar-refractivity contribution in [1.82, 2.24) is 25.5 Å². The van der Waals surface area contributed by atoms with Crippen LogP contribution >= 0.6 is 0 Å². The summed E-state index contributed by atoms with van der Waals surface area (Å²) in [5.74, 6) is 0.744. The third-order valence-corrected chi connectivity index (χ3v) is 7.00. The second kappa shape index (κ2) is 11.2. The monoisotopic (exact) mass is 453 g/mol. The number of alkyl halides is 1. The number of rotatable bonds is 10. The molecule has 1 saturated heterocycles. The number of piperidine rings is 1. The van der Waals surface area contributed by atoms with Crippen LogP contribution in [0.2, 0.25) is 0 Å². The second-order valence-corrected chi connectivity index (χ2v) is 9.27. The van der Waals surface area contributed by atoms with Gasteiger partial charge in [-0.05, 0) is 61.6 Å². The molecule has 2 heterocycles. The van der Waals surface area contributed by atoms with Crippen LogP contribution < -0.4 is 5.32 Å². The molecule has 0 radical (unpaired) electrons. The lowest BCUT2D eigenvalue weighted by molar-refractivity contribution is -0.150. The summed E-state index contributed by atoms with van der Waals surface area (Å²) in [7, 11) is 0. The minimum atomic E-state index is -1.30. The molecule has 0 spiro atoms. The van der Waals surface area contributed by atoms with Gasteiger partial charge in [-0.1, -0.05) is 26.7 Å². The number of tetrazole rings is 1. The number of nitrogens with one attached hydrogen (secondary N) is 1. The van der Waals surface area contributed by atoms with Crippen LogP contribution in [-0.4, -0.2) is 57.0 Å². The number of aryl methyl sites for hydroxylation is 1. The van der Waals surface area contributed by atoms with Crippen LogP contribution in [0.3, 0.4) is 0 Å². The van der Waals surface area contributed by atoms with Gasteiger partial charge in [0, 0.05) is 13.3 Å². The lowest BCUT2D eigenvalue weighted by Crippen LogP contribution is -2.52. The molecule has 0 unspecified atom stereocenters. The van der Waals surface area contributed by atoms with E-state index in [9.17, 15) is 9.59 Å². The van der Waals surface area contributed by atoms with Gasteiger partial charge in [-0.3, -0.25) is 9.59 Å². The molecule has 2 fully saturated rings. The number of hydrogen-bond acceptors (Lipinski definition) is 8. The first kappa shape index (κ1) is 24.5. The molecule has 0 bridgehead atoms. The van der Waals surface area contributed by atoms with Crippen LogP contribution in [0.25, 0.3) is 0 Å². The molecule has 1 aromatic heterocycles. The Morgan fingerprint density at radius 2 is 2.06 bits per heavy atom. The second-order valence-electron chi connectivity index (χ2n) is 9.27. The van der Waals surface area contributed by atoms with Crippen molar-refractivity contribution >= 4 is 11.9 Å². The van der Waals surface area contributed by atoms with Crippen molar-refractivity contribution in [2.75, 3.05) is 13.2 Å². The van der Waals surface area contributed by atoms with Crippen LogP contribution in [0.15, 0.2) is 0 Å². The van der Waals surface area contributed by atoms with E-state index in [1.165, 1.54) is 11.7 Å². The standard InChI is InChI=1S/C22H36FN5O4/c1-4-16(5-2)13-31-21(30)19-10-18-11-22(23,8-6-17(18)12-24-19)9-7-20-25-27-28(26-20)14-32-15(3)29/h16-19,24H,4-14H2,1-3H3/t17-,18-,19-,22-/m0/s1. The van der Waals surface area contributed by atoms with E-state index in [1.807, 2.05) is 0 Å². The molecule has 1 aromatic rings. The fourth-order valence-corrected chi connectivity index (χ4v) is 4.79. The first-order chi connectivity index (χ1) is 15.3. The van der Waals surface area contributed by atoms with Crippen LogP contribution in [0.1, 0.15) is 71.5 Å². The molecule has 1 saturated carbocycles. The van der Waals surface area contributed by atoms with Gasteiger partial charge in [-0.15, -0.1) is 15.0 Å². The minimum absolute atomic E-state index is 0.103. The van der Waals surface area contributed by atoms with Crippen molar-refractivity contribution in [3.63, 3.8) is 0 Å². The quantitative estimate of drug-likeness (QED) is 0.539. The molecule has 3 rings (SSSR count). The van der Waals surface area contributed by atoms with Gasteiger partial charge in [0.25, 0.3) is 0 Å². The number of nitrogens with zero attached hydrogens (tertiary/aromatic N) is 4. The Balaban J connectivity index is 1.49. The van der Waals surface area contributed by atoms with Gasteiger partial charge in [-0.25, -0.2) is 4.39 Å². The molecular weight excluding hydrogens is 417 g/mol. The molecular formula is C22H36FN5O4. The van der Waals surface area contributed by atoms with Crippen LogP contribution in [0, 0.1) is 17.8 Å². The van der Waals surface area contributed by atoms with Gasteiger partial charge in [0.05, 0.1) is 6.61 Å². The summed E-state index contributed by atoms with van der Waals surface area (Å²) in [6, 6.07) is -0.351. The molecule has 4 atom stereocenters. The summed E-state index contributed by atoms with van der Waals surface area (Å²) in [4.78, 5) is 24.6. The normalized spacial score (nSPS) is 27.7. The van der Waals surface area contributed by atoms with Gasteiger partial charge in [-0.2, -0.15) is 0 Å². The Morgan fingerprint density at radius 1 is 1.28 bits per heavy atom. The van der Waals surface area contributed by atoms with Gasteiger partial charge in [0.15, 0.2) is 5.82 Å². The minimum Gasteiger partial charge on any atom is -0.464 e. The van der Waals surface area contributed by atoms with Crippen molar-refractivity contribution in [3.05, 3.63) is 5.82 Å². The lowest BCUT2D eigenvalue weighted by Gasteiger charge is -2.44. The number of carbonyl (C=O) groups excluding carboxylic acids is 2. The first-order valence-corrected chi connectivity index (χ1v) is 11.8. The van der Waals surface area contributed by atoms with Crippen molar-refractivity contribution < 1.29 is 23.5 Å². The Morgan fingerprint density at radius 3 is 2.78 bits per heavy atom. The van der Waals surface area contributed by atoms with Gasteiger partial charge < -0.3 is 14.8 Å². The molecule has 32 heavy (non-hydrogen) atoms. The van der Waals surface area contributed by atoms with E-state index >= 15 is 4.39 Å². The van der Waals surface area contributed by atoms with E-state index in [0.29, 0.717) is 56.4 Å². The summed E-state index contributed by atoms with van der Waals surface area (Å²) in [6.07, 6.45) is 5.02. The van der Waals surface area contributed by atoms with Gasteiger partial charge in [0.1, 0.15) is 11.7 Å². The maximum Gasteiger partial charge on any atom is 0.323 e. The largest absolute Gasteiger partial charge is 0.464 e. The highest BCUT2D eigenvalue weighted by molar-refractivity contribution is 5.76. The third kappa shape index (κ3) is 6.70. The number of esters is 2. The average molecular weight is 454 g/mol. The zero-order valence-electron chi connectivity index (χ0n) is 19.4. The Labute approximate surface area is 188 Å². The molecule has 0 aromatic carbocycles. The molecule has 0 amide bonds. The van der Waals surface area contributed by atoms with Crippen LogP contribution in [-0.2, 0) is 32.2 Å². The Bertz CT molecular complexity index is 771. The maximum atomic E-state index is 15.7. The highest BCUT2D eigenvalue weighted by atomic mass is 19.1. The molecule has 1 aliphatic carbocycles. The Hall–Kier alpha value is -2.10. The first-order valence-electron chi connectivity index (χ1n) is 11.8. The zero-order valence-corrected chi connectivity index (χ0v) is 19.4. The van der Waals surface area contributed by atoms with Crippen LogP contribution in [0.4, 0.5) is 4.39 Å². The van der Waals surface area contributed by atoms with Crippen molar-refractivity contribution in [2.24, 2.45) is 17.8 Å². The van der Waals surface area contributed by atoms with E-state index in [2.05, 4.69) is 34.6 Å². The Kier molecular flexibility index (Phi) is 8.56. The SMILES string of the molecule is CCC(CC)COC(=O)[C@@H]1C[C@H]2C[C@@](F)(CCc3nnn(COC(C)=O)n3)CC[C@H]2CN1. The summed E-state index contributed by atoms with van der Waals surface area (Å²) in [6.45, 7) is 6.59. The van der Waals surface area contributed by atoms with Gasteiger partial charge in [0.2, 0.25) is 6.73 Å². The highest BCUT2D eigenvalue weighted by Crippen LogP contribution is 2.44. The number of ether oxygens (including phenoxy) is 2. The van der Waals surface area contributed by atoms with E-state index in [-0.39, 0.29) is 24.7 Å². The topological polar surface area (TPSA) is 108 Å². The number of carbonyl (C=O) groups is 2. The average Bonchev–Trinajstić information content (AvgIpc) is 3.24. The molecule has 180 valence electrons. The molecule has 1 aliphatic heterocycles. The lowest BCUT2D eigenvalue weighted by atomic mass is 9.67. The van der Waals surface area contributed by atoms with Crippen LogP contribution in [0.5, 0.6) is 0 Å². The van der Waals surface area contributed by atoms with Crippen molar-refractivity contribution in [2.45, 2.75) is 90.6 Å². The fraction of sp³-hybridized carbons (Fsp3) is 0.864. The summed E-state index contributed by atoms with van der Waals surface area (Å²) >= 11 is 0. The third-order valence-electron chi connectivity index (χ3n) is 7.00. The summed E-state index contributed by atoms with van der Waals surface area (Å²) < 4.78 is 26.1. The summed E-state index contributed by atoms with van der Waals surface area (Å²) in [5.41, 5.74) is -1.30. The van der Waals surface area contributed by atoms with Crippen molar-refractivity contribution in [3.8, 4) is 0 Å². The summed E-state index contributed by atoms with van der Waals surface area (Å²) in [5, 5.41) is 15.2. The number of fused-ring (bicyclic) bond motifs is 1. The van der Waals surface area contributed by atoms with Crippen molar-refractivity contribution in [1.29, 1.82) is 0 Å². The van der Waals surface area contributed by atoms with E-state index in [4.69, 9.17) is 9.47 Å². The fourth-order valence-electron chi connectivity index (χ4n) is 4.79. The van der Waals surface area contributed by atoms with E-state index < -0.39 is 11.6 Å². The predicted octanol–water partition coefficient (Wildman–Crippen LogP) is 2.59. The number of aromatic nitrogens is 4. The van der Waals surface area contributed by atoms with E-state index in [0.717, 1.165) is 25.8 Å². The maximum absolute atomic E-state index is 15.7. The zero-order chi connectivity index (χ0) is 23.1. The van der Waals surface area contributed by atoms with E-state index in [1.54, 1.807) is 0 Å². The number of hydrogen-bond donors (Lipinski definition) is 1. The molecule has 2 aliphatic rings. The molecule has 1 N–H and O–H groups in total. The predicted molar refractivity (Wildman–Crippen MR) is 114 cm³/mol. The molecule has 9 nitrogen and oxygen atoms in total. The molecule has 10 heteroatoms. The smallest absolute Gasteiger partial charge is 0.323 e. The number of halogens is 1. The highest BCUT2D eigenvalue weighted by Gasteiger charge is 2.44.